The molecule has 9 heteroatoms. The number of aliphatic carboxylic acids is 1. The summed E-state index contributed by atoms with van der Waals surface area (Å²) < 4.78 is 21.3. The quantitative estimate of drug-likeness (QED) is 0.506. The zero-order valence-corrected chi connectivity index (χ0v) is 17.0. The zero-order valence-electron chi connectivity index (χ0n) is 16.2. The minimum atomic E-state index is -1.08. The Morgan fingerprint density at radius 1 is 1.07 bits per heavy atom. The van der Waals surface area contributed by atoms with Crippen molar-refractivity contribution >= 4 is 23.7 Å². The number of nitrogens with two attached hydrogens (primary N) is 1. The Hall–Kier alpha value is -2.91. The van der Waals surface area contributed by atoms with Gasteiger partial charge >= 0.3 is 5.97 Å². The van der Waals surface area contributed by atoms with Crippen LogP contribution < -0.4 is 29.4 Å². The van der Waals surface area contributed by atoms with Crippen molar-refractivity contribution in [3.05, 3.63) is 47.5 Å². The Morgan fingerprint density at radius 2 is 1.76 bits per heavy atom. The van der Waals surface area contributed by atoms with Crippen LogP contribution in [0.2, 0.25) is 0 Å². The molecule has 1 aliphatic heterocycles. The molecule has 1 heterocycles. The van der Waals surface area contributed by atoms with Crippen LogP contribution in [0.15, 0.2) is 36.4 Å². The summed E-state index contributed by atoms with van der Waals surface area (Å²) in [5.41, 5.74) is 1.10. The van der Waals surface area contributed by atoms with Gasteiger partial charge in [0.1, 0.15) is 17.8 Å². The number of ether oxygens (including phenoxy) is 4. The molecule has 0 bridgehead atoms. The molecule has 0 saturated carbocycles. The lowest BCUT2D eigenvalue weighted by molar-refractivity contribution is -0.690. The Morgan fingerprint density at radius 3 is 2.31 bits per heavy atom. The van der Waals surface area contributed by atoms with Crippen LogP contribution >= 0.6 is 11.8 Å². The molecule has 2 aromatic rings. The van der Waals surface area contributed by atoms with Crippen molar-refractivity contribution < 1.29 is 39.0 Å². The maximum atomic E-state index is 12.7. The number of benzene rings is 2. The first-order valence-corrected chi connectivity index (χ1v) is 9.81. The van der Waals surface area contributed by atoms with Crippen LogP contribution in [0, 0.1) is 0 Å². The fourth-order valence-electron chi connectivity index (χ4n) is 3.00. The molecular weight excluding hydrogens is 398 g/mol. The van der Waals surface area contributed by atoms with Crippen molar-refractivity contribution in [3.63, 3.8) is 0 Å². The topological polar surface area (TPSA) is 111 Å². The highest BCUT2D eigenvalue weighted by molar-refractivity contribution is 7.99. The monoisotopic (exact) mass is 419 g/mol. The highest BCUT2D eigenvalue weighted by Gasteiger charge is 2.31. The minimum Gasteiger partial charge on any atom is -0.544 e. The molecule has 154 valence electrons. The second-order valence-corrected chi connectivity index (χ2v) is 7.42. The molecule has 0 unspecified atom stereocenters. The van der Waals surface area contributed by atoms with Gasteiger partial charge in [0.25, 0.3) is 0 Å². The standard InChI is InChI=1S/C20H21NO7S/c1-25-15-8-12(9-16(26-2)17(15)27-3)20(24)28-13-6-4-5-11(7-13)18-21-14(10-29-18)19(22)23/h4-9,14,18,21H,10H2,1-3H3,(H,22,23)/t14-,18+/m0/s1. The van der Waals surface area contributed by atoms with Gasteiger partial charge in [-0.2, -0.15) is 0 Å². The number of methoxy groups -OCH3 is 3. The second kappa shape index (κ2) is 9.06. The predicted molar refractivity (Wildman–Crippen MR) is 103 cm³/mol. The summed E-state index contributed by atoms with van der Waals surface area (Å²) in [5, 5.41) is 12.7. The molecule has 0 spiro atoms. The third-order valence-electron chi connectivity index (χ3n) is 4.46. The van der Waals surface area contributed by atoms with E-state index >= 15 is 0 Å². The molecule has 29 heavy (non-hydrogen) atoms. The molecule has 0 radical (unpaired) electrons. The molecule has 0 amide bonds. The summed E-state index contributed by atoms with van der Waals surface area (Å²) in [7, 11) is 4.41. The van der Waals surface area contributed by atoms with Gasteiger partial charge in [0.2, 0.25) is 5.75 Å². The van der Waals surface area contributed by atoms with Crippen LogP contribution in [0.5, 0.6) is 23.0 Å². The summed E-state index contributed by atoms with van der Waals surface area (Å²) in [6, 6.07) is 9.44. The molecule has 8 nitrogen and oxygen atoms in total. The normalized spacial score (nSPS) is 18.2. The number of carbonyl (C=O) groups excluding carboxylic acids is 2. The predicted octanol–water partition coefficient (Wildman–Crippen LogP) is 0.359. The van der Waals surface area contributed by atoms with Crippen LogP contribution in [0.1, 0.15) is 21.3 Å². The van der Waals surface area contributed by atoms with Gasteiger partial charge in [-0.1, -0.05) is 23.9 Å². The Bertz CT molecular complexity index is 892. The lowest BCUT2D eigenvalue weighted by Gasteiger charge is -2.14. The van der Waals surface area contributed by atoms with Gasteiger partial charge in [0.15, 0.2) is 16.9 Å². The van der Waals surface area contributed by atoms with E-state index in [1.54, 1.807) is 23.5 Å². The summed E-state index contributed by atoms with van der Waals surface area (Å²) in [6.45, 7) is 0. The smallest absolute Gasteiger partial charge is 0.343 e. The highest BCUT2D eigenvalue weighted by Crippen LogP contribution is 2.38. The van der Waals surface area contributed by atoms with Gasteiger partial charge in [-0.05, 0) is 24.3 Å². The van der Waals surface area contributed by atoms with Gasteiger partial charge in [-0.3, -0.25) is 0 Å². The number of carboxylic acids is 1. The van der Waals surface area contributed by atoms with E-state index in [9.17, 15) is 14.7 Å². The van der Waals surface area contributed by atoms with Gasteiger partial charge < -0.3 is 34.2 Å². The van der Waals surface area contributed by atoms with Crippen LogP contribution in [0.4, 0.5) is 0 Å². The number of hydrogen-bond acceptors (Lipinski definition) is 8. The van der Waals surface area contributed by atoms with Gasteiger partial charge in [0.05, 0.1) is 32.6 Å². The van der Waals surface area contributed by atoms with E-state index in [0.29, 0.717) is 28.8 Å². The van der Waals surface area contributed by atoms with Crippen molar-refractivity contribution in [1.82, 2.24) is 0 Å². The van der Waals surface area contributed by atoms with E-state index in [-0.39, 0.29) is 10.9 Å². The van der Waals surface area contributed by atoms with Crippen LogP contribution in [-0.4, -0.2) is 45.1 Å². The summed E-state index contributed by atoms with van der Waals surface area (Å²) >= 11 is 1.51. The number of quaternary nitrogens is 1. The number of carboxylic acid groups (broad SMARTS) is 1. The SMILES string of the molecule is COc1cc(C(=O)Oc2cccc([C@@H]3[NH2+][C@H](C(=O)[O-])CS3)c2)cc(OC)c1OC. The van der Waals surface area contributed by atoms with Crippen LogP contribution in [0.3, 0.4) is 0 Å². The Labute approximate surface area is 172 Å². The highest BCUT2D eigenvalue weighted by atomic mass is 32.2. The molecule has 1 fully saturated rings. The minimum absolute atomic E-state index is 0.0993. The fourth-order valence-corrected chi connectivity index (χ4v) is 4.31. The molecule has 0 aromatic heterocycles. The summed E-state index contributed by atoms with van der Waals surface area (Å²) in [5.74, 6) is 0.220. The first-order valence-electron chi connectivity index (χ1n) is 8.76. The number of carbonyl (C=O) groups is 2. The number of rotatable bonds is 7. The van der Waals surface area contributed by atoms with Crippen molar-refractivity contribution in [2.24, 2.45) is 0 Å². The molecular formula is C20H21NO7S. The lowest BCUT2D eigenvalue weighted by Crippen LogP contribution is -2.90. The molecule has 3 rings (SSSR count). The van der Waals surface area contributed by atoms with Crippen molar-refractivity contribution in [3.8, 4) is 23.0 Å². The van der Waals surface area contributed by atoms with Crippen molar-refractivity contribution in [2.45, 2.75) is 11.4 Å². The van der Waals surface area contributed by atoms with E-state index in [1.807, 2.05) is 6.07 Å². The maximum Gasteiger partial charge on any atom is 0.343 e. The van der Waals surface area contributed by atoms with Crippen molar-refractivity contribution in [2.75, 3.05) is 27.1 Å². The fraction of sp³-hybridized carbons (Fsp3) is 0.300. The van der Waals surface area contributed by atoms with Gasteiger partial charge in [-0.15, -0.1) is 0 Å². The molecule has 2 atom stereocenters. The first kappa shape index (κ1) is 20.8. The summed E-state index contributed by atoms with van der Waals surface area (Å²) in [6.07, 6.45) is 0. The van der Waals surface area contributed by atoms with Crippen LogP contribution in [0.25, 0.3) is 0 Å². The maximum absolute atomic E-state index is 12.7. The number of thioether (sulfide) groups is 1. The number of hydrogen-bond donors (Lipinski definition) is 1. The van der Waals surface area contributed by atoms with Crippen LogP contribution in [-0.2, 0) is 4.79 Å². The third-order valence-corrected chi connectivity index (χ3v) is 5.80. The molecule has 1 saturated heterocycles. The van der Waals surface area contributed by atoms with E-state index < -0.39 is 18.0 Å². The largest absolute Gasteiger partial charge is 0.544 e. The lowest BCUT2D eigenvalue weighted by atomic mass is 10.1. The van der Waals surface area contributed by atoms with E-state index in [4.69, 9.17) is 18.9 Å². The third kappa shape index (κ3) is 4.57. The summed E-state index contributed by atoms with van der Waals surface area (Å²) in [4.78, 5) is 23.7. The Balaban J connectivity index is 1.79. The molecule has 2 N–H and O–H groups in total. The second-order valence-electron chi connectivity index (χ2n) is 6.25. The van der Waals surface area contributed by atoms with Crippen molar-refractivity contribution in [1.29, 1.82) is 0 Å². The first-order chi connectivity index (χ1) is 14.0. The van der Waals surface area contributed by atoms with E-state index in [0.717, 1.165) is 5.56 Å². The van der Waals surface area contributed by atoms with E-state index in [1.165, 1.54) is 45.2 Å². The molecule has 1 aliphatic rings. The van der Waals surface area contributed by atoms with Gasteiger partial charge in [-0.25, -0.2) is 4.79 Å². The average molecular weight is 419 g/mol. The zero-order chi connectivity index (χ0) is 21.0. The Kier molecular flexibility index (Phi) is 6.50. The molecule has 2 aromatic carbocycles. The molecule has 0 aliphatic carbocycles. The average Bonchev–Trinajstić information content (AvgIpc) is 3.23. The van der Waals surface area contributed by atoms with E-state index in [2.05, 4.69) is 0 Å². The number of esters is 1. The van der Waals surface area contributed by atoms with Gasteiger partial charge in [0, 0.05) is 5.56 Å².